The van der Waals surface area contributed by atoms with Crippen LogP contribution in [0.2, 0.25) is 0 Å². The van der Waals surface area contributed by atoms with Crippen LogP contribution in [-0.4, -0.2) is 23.0 Å². The van der Waals surface area contributed by atoms with Crippen molar-refractivity contribution in [3.8, 4) is 0 Å². The number of aliphatic hydroxyl groups is 1. The fraction of sp³-hybridized carbons (Fsp3) is 0.762. The first kappa shape index (κ1) is 17.7. The van der Waals surface area contributed by atoms with E-state index in [0.717, 1.165) is 17.8 Å². The zero-order chi connectivity index (χ0) is 18.5. The van der Waals surface area contributed by atoms with Gasteiger partial charge >= 0.3 is 0 Å². The van der Waals surface area contributed by atoms with Gasteiger partial charge in [0.05, 0.1) is 11.8 Å². The summed E-state index contributed by atoms with van der Waals surface area (Å²) in [7, 11) is 0. The molecule has 5 nitrogen and oxygen atoms in total. The van der Waals surface area contributed by atoms with Crippen LogP contribution in [0.25, 0.3) is 0 Å². The van der Waals surface area contributed by atoms with Gasteiger partial charge in [0, 0.05) is 19.3 Å². The summed E-state index contributed by atoms with van der Waals surface area (Å²) in [6.45, 7) is 3.92. The van der Waals surface area contributed by atoms with Crippen molar-refractivity contribution in [2.24, 2.45) is 33.7 Å². The summed E-state index contributed by atoms with van der Waals surface area (Å²) < 4.78 is 0. The standard InChI is InChI=1S/C21H30N2O3/c1-20(2)9-17(24)16(18(25)10-20)12-22-23-19(26)11-21-6-13-3-14(7-21)5-15(4-13)8-21/h12-15,24H,3-11H2,1-2H3,(H,23,26)/b22-12+. The van der Waals surface area contributed by atoms with Gasteiger partial charge in [-0.3, -0.25) is 9.59 Å². The third-order valence-electron chi connectivity index (χ3n) is 6.98. The molecule has 4 fully saturated rings. The molecule has 0 aromatic rings. The average Bonchev–Trinajstić information content (AvgIpc) is 2.47. The second-order valence-electron chi connectivity index (χ2n) is 10.2. The Labute approximate surface area is 155 Å². The van der Waals surface area contributed by atoms with Crippen LogP contribution >= 0.6 is 0 Å². The van der Waals surface area contributed by atoms with Crippen LogP contribution in [-0.2, 0) is 9.59 Å². The number of hydrogen-bond donors (Lipinski definition) is 2. The maximum Gasteiger partial charge on any atom is 0.240 e. The Hall–Kier alpha value is -1.65. The summed E-state index contributed by atoms with van der Waals surface area (Å²) in [6.07, 6.45) is 10.4. The molecule has 4 bridgehead atoms. The third kappa shape index (κ3) is 3.45. The second-order valence-corrected chi connectivity index (χ2v) is 10.2. The van der Waals surface area contributed by atoms with Gasteiger partial charge in [0.1, 0.15) is 5.76 Å². The monoisotopic (exact) mass is 358 g/mol. The first-order chi connectivity index (χ1) is 12.2. The van der Waals surface area contributed by atoms with E-state index in [1.54, 1.807) is 0 Å². The molecule has 4 saturated carbocycles. The van der Waals surface area contributed by atoms with E-state index in [0.29, 0.717) is 19.3 Å². The highest BCUT2D eigenvalue weighted by Crippen LogP contribution is 2.61. The van der Waals surface area contributed by atoms with E-state index in [-0.39, 0.29) is 33.9 Å². The Morgan fingerprint density at radius 1 is 1.15 bits per heavy atom. The van der Waals surface area contributed by atoms with E-state index in [9.17, 15) is 14.7 Å². The molecule has 0 heterocycles. The molecule has 0 aromatic heterocycles. The Bertz CT molecular complexity index is 654. The van der Waals surface area contributed by atoms with Crippen LogP contribution in [0.15, 0.2) is 16.4 Å². The van der Waals surface area contributed by atoms with Gasteiger partial charge in [0.15, 0.2) is 5.78 Å². The predicted octanol–water partition coefficient (Wildman–Crippen LogP) is 3.90. The number of hydrazone groups is 1. The van der Waals surface area contributed by atoms with Gasteiger partial charge < -0.3 is 5.11 Å². The zero-order valence-corrected chi connectivity index (χ0v) is 15.9. The molecule has 2 N–H and O–H groups in total. The average molecular weight is 358 g/mol. The number of carbonyl (C=O) groups excluding carboxylic acids is 2. The molecule has 5 rings (SSSR count). The van der Waals surface area contributed by atoms with Gasteiger partial charge in [0.25, 0.3) is 0 Å². The summed E-state index contributed by atoms with van der Waals surface area (Å²) in [5.74, 6) is 2.36. The topological polar surface area (TPSA) is 78.8 Å². The van der Waals surface area contributed by atoms with Gasteiger partial charge in [-0.25, -0.2) is 5.43 Å². The SMILES string of the molecule is CC1(C)CC(=O)C(/C=N/NC(=O)CC23CC4CC(CC(C4)C2)C3)=C(O)C1. The van der Waals surface area contributed by atoms with Crippen molar-refractivity contribution in [2.45, 2.75) is 71.6 Å². The largest absolute Gasteiger partial charge is 0.511 e. The van der Waals surface area contributed by atoms with Crippen molar-refractivity contribution in [1.82, 2.24) is 5.43 Å². The number of ketones is 1. The Balaban J connectivity index is 1.36. The minimum Gasteiger partial charge on any atom is -0.511 e. The van der Waals surface area contributed by atoms with E-state index < -0.39 is 0 Å². The minimum absolute atomic E-state index is 0.0631. The normalized spacial score (nSPS) is 38.2. The maximum atomic E-state index is 12.4. The van der Waals surface area contributed by atoms with Crippen LogP contribution in [0.4, 0.5) is 0 Å². The maximum absolute atomic E-state index is 12.4. The molecule has 26 heavy (non-hydrogen) atoms. The Morgan fingerprint density at radius 3 is 2.27 bits per heavy atom. The summed E-state index contributed by atoms with van der Waals surface area (Å²) >= 11 is 0. The summed E-state index contributed by atoms with van der Waals surface area (Å²) in [5, 5.41) is 14.1. The van der Waals surface area contributed by atoms with Gasteiger partial charge in [-0.15, -0.1) is 0 Å². The molecule has 0 radical (unpaired) electrons. The second kappa shape index (κ2) is 6.21. The fourth-order valence-corrected chi connectivity index (χ4v) is 6.50. The van der Waals surface area contributed by atoms with Gasteiger partial charge in [-0.1, -0.05) is 13.8 Å². The molecule has 0 spiro atoms. The molecule has 0 unspecified atom stereocenters. The van der Waals surface area contributed by atoms with Crippen molar-refractivity contribution in [3.05, 3.63) is 11.3 Å². The number of aliphatic hydroxyl groups excluding tert-OH is 1. The first-order valence-electron chi connectivity index (χ1n) is 10.0. The molecule has 142 valence electrons. The Kier molecular flexibility index (Phi) is 4.24. The number of amides is 1. The first-order valence-corrected chi connectivity index (χ1v) is 10.0. The van der Waals surface area contributed by atoms with Crippen molar-refractivity contribution in [2.75, 3.05) is 0 Å². The third-order valence-corrected chi connectivity index (χ3v) is 6.98. The number of rotatable bonds is 4. The molecule has 5 aliphatic carbocycles. The van der Waals surface area contributed by atoms with Crippen LogP contribution < -0.4 is 5.43 Å². The van der Waals surface area contributed by atoms with Crippen molar-refractivity contribution < 1.29 is 14.7 Å². The lowest BCUT2D eigenvalue weighted by atomic mass is 9.49. The van der Waals surface area contributed by atoms with Gasteiger partial charge in [0.2, 0.25) is 5.91 Å². The summed E-state index contributed by atoms with van der Waals surface area (Å²) in [4.78, 5) is 24.6. The smallest absolute Gasteiger partial charge is 0.240 e. The molecule has 0 aromatic carbocycles. The van der Waals surface area contributed by atoms with E-state index in [2.05, 4.69) is 10.5 Å². The van der Waals surface area contributed by atoms with E-state index in [4.69, 9.17) is 0 Å². The molecule has 5 heteroatoms. The highest BCUT2D eigenvalue weighted by Gasteiger charge is 2.51. The lowest BCUT2D eigenvalue weighted by Crippen LogP contribution is -2.47. The van der Waals surface area contributed by atoms with Crippen molar-refractivity contribution in [3.63, 3.8) is 0 Å². The van der Waals surface area contributed by atoms with Crippen LogP contribution in [0, 0.1) is 28.6 Å². The molecule has 1 amide bonds. The molecular weight excluding hydrogens is 328 g/mol. The van der Waals surface area contributed by atoms with E-state index >= 15 is 0 Å². The molecule has 5 aliphatic rings. The summed E-state index contributed by atoms with van der Waals surface area (Å²) in [5.41, 5.74) is 2.79. The number of nitrogens with one attached hydrogen (secondary N) is 1. The van der Waals surface area contributed by atoms with Crippen molar-refractivity contribution in [1.29, 1.82) is 0 Å². The number of Topliss-reactive ketones (excluding diaryl/α,β-unsaturated/α-hetero) is 1. The number of carbonyl (C=O) groups is 2. The van der Waals surface area contributed by atoms with E-state index in [1.807, 2.05) is 13.8 Å². The van der Waals surface area contributed by atoms with Crippen LogP contribution in [0.3, 0.4) is 0 Å². The number of hydrogen-bond acceptors (Lipinski definition) is 4. The minimum atomic E-state index is -0.222. The fourth-order valence-electron chi connectivity index (χ4n) is 6.50. The zero-order valence-electron chi connectivity index (χ0n) is 15.9. The van der Waals surface area contributed by atoms with E-state index in [1.165, 1.54) is 44.7 Å². The molecule has 0 aliphatic heterocycles. The lowest BCUT2D eigenvalue weighted by molar-refractivity contribution is -0.129. The number of nitrogens with zero attached hydrogens (tertiary/aromatic N) is 1. The molecule has 0 atom stereocenters. The highest BCUT2D eigenvalue weighted by molar-refractivity contribution is 6.14. The predicted molar refractivity (Wildman–Crippen MR) is 99.5 cm³/mol. The Morgan fingerprint density at radius 2 is 1.73 bits per heavy atom. The van der Waals surface area contributed by atoms with Gasteiger partial charge in [-0.05, 0) is 67.1 Å². The quantitative estimate of drug-likeness (QED) is 0.591. The van der Waals surface area contributed by atoms with Crippen LogP contribution in [0.5, 0.6) is 0 Å². The van der Waals surface area contributed by atoms with Crippen LogP contribution in [0.1, 0.15) is 71.6 Å². The highest BCUT2D eigenvalue weighted by atomic mass is 16.3. The molecular formula is C21H30N2O3. The lowest BCUT2D eigenvalue weighted by Gasteiger charge is -2.56. The summed E-state index contributed by atoms with van der Waals surface area (Å²) in [6, 6.07) is 0. The van der Waals surface area contributed by atoms with Gasteiger partial charge in [-0.2, -0.15) is 5.10 Å². The van der Waals surface area contributed by atoms with Crippen molar-refractivity contribution >= 4 is 17.9 Å². The number of allylic oxidation sites excluding steroid dienone is 2. The molecule has 0 saturated heterocycles.